The van der Waals surface area contributed by atoms with Crippen LogP contribution in [0.3, 0.4) is 0 Å². The fourth-order valence-electron chi connectivity index (χ4n) is 5.04. The lowest BCUT2D eigenvalue weighted by atomic mass is 9.79. The Balaban J connectivity index is 1.59. The maximum atomic E-state index is 6.51. The number of ether oxygens (including phenoxy) is 1. The number of hydrogen-bond donors (Lipinski definition) is 1. The number of nitrogens with two attached hydrogens (primary N) is 1. The van der Waals surface area contributed by atoms with E-state index in [4.69, 9.17) is 10.5 Å². The third-order valence-electron chi connectivity index (χ3n) is 6.33. The van der Waals surface area contributed by atoms with Crippen molar-refractivity contribution in [2.75, 3.05) is 6.54 Å². The fourth-order valence-corrected chi connectivity index (χ4v) is 5.04. The first-order valence-corrected chi connectivity index (χ1v) is 8.57. The van der Waals surface area contributed by atoms with E-state index in [2.05, 4.69) is 6.92 Å². The van der Waals surface area contributed by atoms with Gasteiger partial charge in [-0.3, -0.25) is 0 Å². The normalized spacial score (nSPS) is 41.4. The first-order chi connectivity index (χ1) is 9.19. The van der Waals surface area contributed by atoms with Crippen molar-refractivity contribution in [2.45, 2.75) is 89.3 Å². The van der Waals surface area contributed by atoms with Crippen molar-refractivity contribution in [1.82, 2.24) is 0 Å². The Labute approximate surface area is 118 Å². The van der Waals surface area contributed by atoms with Gasteiger partial charge < -0.3 is 10.5 Å². The predicted octanol–water partition coefficient (Wildman–Crippen LogP) is 4.02. The molecule has 19 heavy (non-hydrogen) atoms. The van der Waals surface area contributed by atoms with Gasteiger partial charge in [0.25, 0.3) is 0 Å². The van der Waals surface area contributed by atoms with Crippen molar-refractivity contribution >= 4 is 0 Å². The van der Waals surface area contributed by atoms with Crippen LogP contribution in [-0.2, 0) is 4.74 Å². The van der Waals surface area contributed by atoms with E-state index in [1.165, 1.54) is 70.6 Å². The van der Waals surface area contributed by atoms with Crippen LogP contribution >= 0.6 is 0 Å². The summed E-state index contributed by atoms with van der Waals surface area (Å²) in [4.78, 5) is 0. The molecule has 0 radical (unpaired) electrons. The van der Waals surface area contributed by atoms with Gasteiger partial charge in [0, 0.05) is 0 Å². The third-order valence-corrected chi connectivity index (χ3v) is 6.33. The Bertz CT molecular complexity index is 310. The first kappa shape index (κ1) is 13.9. The van der Waals surface area contributed by atoms with Gasteiger partial charge in [0.05, 0.1) is 11.7 Å². The van der Waals surface area contributed by atoms with Crippen molar-refractivity contribution in [3.8, 4) is 0 Å². The Morgan fingerprint density at radius 3 is 2.53 bits per heavy atom. The Kier molecular flexibility index (Phi) is 3.92. The smallest absolute Gasteiger partial charge is 0.0687 e. The van der Waals surface area contributed by atoms with Gasteiger partial charge in [-0.1, -0.05) is 26.2 Å². The molecule has 0 aromatic rings. The Morgan fingerprint density at radius 2 is 1.89 bits per heavy atom. The van der Waals surface area contributed by atoms with E-state index in [0.29, 0.717) is 17.1 Å². The minimum Gasteiger partial charge on any atom is -0.372 e. The van der Waals surface area contributed by atoms with Gasteiger partial charge in [-0.25, -0.2) is 0 Å². The van der Waals surface area contributed by atoms with Crippen LogP contribution in [0.2, 0.25) is 0 Å². The summed E-state index contributed by atoms with van der Waals surface area (Å²) >= 11 is 0. The topological polar surface area (TPSA) is 35.2 Å². The minimum absolute atomic E-state index is 0.295. The predicted molar refractivity (Wildman–Crippen MR) is 79.0 cm³/mol. The quantitative estimate of drug-likeness (QED) is 0.833. The molecule has 1 aliphatic heterocycles. The second-order valence-corrected chi connectivity index (χ2v) is 7.59. The SMILES string of the molecule is CCC1CCC(CN)(CC2CCC3(CCCC3)O2)C1. The van der Waals surface area contributed by atoms with Gasteiger partial charge in [-0.15, -0.1) is 0 Å². The molecule has 2 nitrogen and oxygen atoms in total. The molecule has 1 heterocycles. The highest BCUT2D eigenvalue weighted by atomic mass is 16.5. The van der Waals surface area contributed by atoms with Crippen LogP contribution in [-0.4, -0.2) is 18.2 Å². The molecule has 0 aromatic heterocycles. The molecule has 0 aromatic carbocycles. The molecule has 2 saturated carbocycles. The lowest BCUT2D eigenvalue weighted by Gasteiger charge is -2.32. The van der Waals surface area contributed by atoms with Gasteiger partial charge in [-0.2, -0.15) is 0 Å². The summed E-state index contributed by atoms with van der Waals surface area (Å²) in [5.41, 5.74) is 6.86. The molecule has 3 rings (SSSR count). The first-order valence-electron chi connectivity index (χ1n) is 8.57. The lowest BCUT2D eigenvalue weighted by Crippen LogP contribution is -2.33. The fraction of sp³-hybridized carbons (Fsp3) is 1.00. The summed E-state index contributed by atoms with van der Waals surface area (Å²) in [5, 5.41) is 0. The van der Waals surface area contributed by atoms with Crippen LogP contribution in [0.25, 0.3) is 0 Å². The molecule has 0 bridgehead atoms. The van der Waals surface area contributed by atoms with E-state index >= 15 is 0 Å². The van der Waals surface area contributed by atoms with Crippen LogP contribution < -0.4 is 5.73 Å². The van der Waals surface area contributed by atoms with E-state index in [1.54, 1.807) is 0 Å². The molecule has 2 heteroatoms. The standard InChI is InChI=1S/C17H31NO/c1-2-14-5-9-16(11-14,13-18)12-15-6-10-17(19-15)7-3-4-8-17/h14-15H,2-13,18H2,1H3. The van der Waals surface area contributed by atoms with Crippen LogP contribution in [0.5, 0.6) is 0 Å². The zero-order valence-corrected chi connectivity index (χ0v) is 12.6. The van der Waals surface area contributed by atoms with Crippen molar-refractivity contribution in [2.24, 2.45) is 17.1 Å². The maximum Gasteiger partial charge on any atom is 0.0687 e. The van der Waals surface area contributed by atoms with Crippen molar-refractivity contribution in [3.63, 3.8) is 0 Å². The molecular formula is C17H31NO. The molecule has 0 amide bonds. The van der Waals surface area contributed by atoms with Gasteiger partial charge in [0.2, 0.25) is 0 Å². The number of rotatable bonds is 4. The summed E-state index contributed by atoms with van der Waals surface area (Å²) in [6.07, 6.45) is 15.2. The van der Waals surface area contributed by atoms with E-state index in [9.17, 15) is 0 Å². The summed E-state index contributed by atoms with van der Waals surface area (Å²) in [6, 6.07) is 0. The number of hydrogen-bond acceptors (Lipinski definition) is 2. The maximum absolute atomic E-state index is 6.51. The van der Waals surface area contributed by atoms with E-state index in [0.717, 1.165) is 12.5 Å². The van der Waals surface area contributed by atoms with E-state index in [-0.39, 0.29) is 0 Å². The highest BCUT2D eigenvalue weighted by Crippen LogP contribution is 2.50. The van der Waals surface area contributed by atoms with E-state index < -0.39 is 0 Å². The summed E-state index contributed by atoms with van der Waals surface area (Å²) in [7, 11) is 0. The van der Waals surface area contributed by atoms with Crippen LogP contribution in [0, 0.1) is 11.3 Å². The van der Waals surface area contributed by atoms with Gasteiger partial charge in [-0.05, 0) is 69.2 Å². The molecule has 3 atom stereocenters. The zero-order chi connectivity index (χ0) is 13.3. The van der Waals surface area contributed by atoms with Crippen LogP contribution in [0.4, 0.5) is 0 Å². The average Bonchev–Trinajstić information content (AvgIpc) is 3.13. The largest absolute Gasteiger partial charge is 0.372 e. The molecule has 110 valence electrons. The Hall–Kier alpha value is -0.0800. The molecule has 3 unspecified atom stereocenters. The molecule has 3 aliphatic rings. The van der Waals surface area contributed by atoms with Crippen LogP contribution in [0.15, 0.2) is 0 Å². The highest BCUT2D eigenvalue weighted by Gasteiger charge is 2.46. The highest BCUT2D eigenvalue weighted by molar-refractivity contribution is 4.97. The molecule has 3 fully saturated rings. The van der Waals surface area contributed by atoms with Crippen LogP contribution in [0.1, 0.15) is 77.6 Å². The van der Waals surface area contributed by atoms with Crippen molar-refractivity contribution in [1.29, 1.82) is 0 Å². The molecule has 2 N–H and O–H groups in total. The van der Waals surface area contributed by atoms with Gasteiger partial charge in [0.1, 0.15) is 0 Å². The molecule has 1 spiro atoms. The molecule has 1 saturated heterocycles. The zero-order valence-electron chi connectivity index (χ0n) is 12.6. The summed E-state index contributed by atoms with van der Waals surface area (Å²) in [6.45, 7) is 3.20. The Morgan fingerprint density at radius 1 is 1.11 bits per heavy atom. The minimum atomic E-state index is 0.295. The lowest BCUT2D eigenvalue weighted by molar-refractivity contribution is -0.0526. The average molecular weight is 265 g/mol. The van der Waals surface area contributed by atoms with Gasteiger partial charge in [0.15, 0.2) is 0 Å². The summed E-state index contributed by atoms with van der Waals surface area (Å²) < 4.78 is 6.51. The second kappa shape index (κ2) is 5.37. The van der Waals surface area contributed by atoms with E-state index in [1.807, 2.05) is 0 Å². The molecule has 2 aliphatic carbocycles. The second-order valence-electron chi connectivity index (χ2n) is 7.59. The van der Waals surface area contributed by atoms with Gasteiger partial charge >= 0.3 is 0 Å². The van der Waals surface area contributed by atoms with Crippen molar-refractivity contribution in [3.05, 3.63) is 0 Å². The molecular weight excluding hydrogens is 234 g/mol. The monoisotopic (exact) mass is 265 g/mol. The third kappa shape index (κ3) is 2.71. The summed E-state index contributed by atoms with van der Waals surface area (Å²) in [5.74, 6) is 0.922. The van der Waals surface area contributed by atoms with Crippen molar-refractivity contribution < 1.29 is 4.74 Å².